The topological polar surface area (TPSA) is 237 Å². The van der Waals surface area contributed by atoms with E-state index in [2.05, 4.69) is 20.5 Å². The quantitative estimate of drug-likeness (QED) is 0.0579. The Morgan fingerprint density at radius 2 is 1.49 bits per heavy atom. The van der Waals surface area contributed by atoms with Crippen molar-refractivity contribution < 1.29 is 51.3 Å². The molecule has 0 unspecified atom stereocenters. The number of rotatable bonds is 21. The highest BCUT2D eigenvalue weighted by atomic mass is 35.5. The first-order valence-corrected chi connectivity index (χ1v) is 31.4. The van der Waals surface area contributed by atoms with E-state index in [0.29, 0.717) is 33.8 Å². The summed E-state index contributed by atoms with van der Waals surface area (Å²) in [4.78, 5) is 70.7. The Hall–Kier alpha value is -6.99. The summed E-state index contributed by atoms with van der Waals surface area (Å²) in [5.41, 5.74) is 3.30. The summed E-state index contributed by atoms with van der Waals surface area (Å²) in [6.45, 7) is 7.48. The monoisotopic (exact) mass is 1240 g/mol. The molecule has 4 amide bonds. The first-order valence-electron chi connectivity index (χ1n) is 29.0. The number of benzene rings is 3. The number of allylic oxidation sites excluding steroid dienone is 1. The summed E-state index contributed by atoms with van der Waals surface area (Å²) in [6, 6.07) is 17.6. The van der Waals surface area contributed by atoms with Gasteiger partial charge in [0, 0.05) is 104 Å². The van der Waals surface area contributed by atoms with Crippen molar-refractivity contribution in [2.45, 2.75) is 70.4 Å². The molecule has 1 saturated carbocycles. The highest BCUT2D eigenvalue weighted by molar-refractivity contribution is 7.89. The molecule has 1 spiro atoms. The summed E-state index contributed by atoms with van der Waals surface area (Å²) < 4.78 is 65.0. The van der Waals surface area contributed by atoms with E-state index in [1.807, 2.05) is 61.7 Å². The van der Waals surface area contributed by atoms with Crippen LogP contribution < -0.4 is 5.32 Å². The minimum Gasteiger partial charge on any atom is -0.513 e. The first-order chi connectivity index (χ1) is 41.2. The molecule has 4 fully saturated rings. The predicted molar refractivity (Wildman–Crippen MR) is 320 cm³/mol. The Bertz CT molecular complexity index is 3620. The number of carbonyl (C=O) groups is 4. The number of aromatic amines is 1. The maximum atomic E-state index is 15.7. The van der Waals surface area contributed by atoms with Gasteiger partial charge in [-0.1, -0.05) is 68.2 Å². The van der Waals surface area contributed by atoms with Crippen molar-refractivity contribution in [1.82, 2.24) is 48.5 Å². The molecular weight excluding hydrogens is 1170 g/mol. The highest BCUT2D eigenvalue weighted by Gasteiger charge is 2.58. The number of halogens is 3. The number of aliphatic hydroxyl groups excluding tert-OH is 1. The second-order valence-corrected chi connectivity index (χ2v) is 26.7. The van der Waals surface area contributed by atoms with E-state index >= 15 is 9.18 Å². The summed E-state index contributed by atoms with van der Waals surface area (Å²) in [6.07, 6.45) is 11.4. The van der Waals surface area contributed by atoms with E-state index in [1.54, 1.807) is 68.5 Å². The van der Waals surface area contributed by atoms with Crippen LogP contribution in [0.3, 0.4) is 0 Å². The summed E-state index contributed by atoms with van der Waals surface area (Å²) in [7, 11) is -4.01. The molecule has 3 aromatic heterocycles. The lowest BCUT2D eigenvalue weighted by molar-refractivity contribution is -0.157. The number of hydrogen-bond acceptors (Lipinski definition) is 14. The lowest BCUT2D eigenvalue weighted by atomic mass is 9.61. The smallest absolute Gasteiger partial charge is 0.254 e. The van der Waals surface area contributed by atoms with Crippen molar-refractivity contribution in [2.24, 2.45) is 10.8 Å². The van der Waals surface area contributed by atoms with Crippen LogP contribution in [0, 0.1) is 16.6 Å². The summed E-state index contributed by atoms with van der Waals surface area (Å²) in [5.74, 6) is -1.60. The lowest BCUT2D eigenvalue weighted by Crippen LogP contribution is -2.62. The number of ether oxygens (including phenoxy) is 3. The van der Waals surface area contributed by atoms with Gasteiger partial charge in [0.25, 0.3) is 5.91 Å². The normalized spacial score (nSPS) is 20.8. The van der Waals surface area contributed by atoms with Gasteiger partial charge >= 0.3 is 0 Å². The number of imidazole rings is 1. The van der Waals surface area contributed by atoms with Gasteiger partial charge in [0.15, 0.2) is 11.5 Å². The van der Waals surface area contributed by atoms with Crippen LogP contribution in [0.25, 0.3) is 16.9 Å². The molecule has 0 radical (unpaired) electrons. The molecule has 25 heteroatoms. The number of hydrogen-bond donors (Lipinski definition) is 3. The number of likely N-dealkylation sites (tertiary alicyclic amines) is 1. The van der Waals surface area contributed by atoms with Gasteiger partial charge in [-0.2, -0.15) is 9.40 Å². The van der Waals surface area contributed by atoms with Gasteiger partial charge in [-0.05, 0) is 84.3 Å². The van der Waals surface area contributed by atoms with Gasteiger partial charge in [0.05, 0.1) is 84.9 Å². The van der Waals surface area contributed by atoms with Gasteiger partial charge in [-0.3, -0.25) is 28.7 Å². The summed E-state index contributed by atoms with van der Waals surface area (Å²) in [5, 5.41) is 21.6. The number of piperazine rings is 2. The molecule has 456 valence electrons. The number of aliphatic hydroxyl groups is 1. The fraction of sp³-hybridized carbons (Fsp3) is 0.459. The number of H-pyrrole nitrogens is 1. The molecule has 0 bridgehead atoms. The molecule has 3 saturated heterocycles. The van der Waals surface area contributed by atoms with Crippen LogP contribution in [0.1, 0.15) is 91.5 Å². The zero-order valence-electron chi connectivity index (χ0n) is 48.2. The van der Waals surface area contributed by atoms with Crippen LogP contribution in [0.4, 0.5) is 15.9 Å². The van der Waals surface area contributed by atoms with Crippen LogP contribution >= 0.6 is 23.2 Å². The summed E-state index contributed by atoms with van der Waals surface area (Å²) >= 11 is 12.9. The fourth-order valence-electron chi connectivity index (χ4n) is 12.1. The van der Waals surface area contributed by atoms with Crippen molar-refractivity contribution >= 4 is 74.0 Å². The largest absolute Gasteiger partial charge is 0.513 e. The third-order valence-electron chi connectivity index (χ3n) is 16.9. The minimum atomic E-state index is -4.01. The van der Waals surface area contributed by atoms with Crippen molar-refractivity contribution in [3.8, 4) is 11.3 Å². The van der Waals surface area contributed by atoms with Crippen molar-refractivity contribution in [3.05, 3.63) is 142 Å². The van der Waals surface area contributed by atoms with Crippen molar-refractivity contribution in [1.29, 1.82) is 0 Å². The first kappa shape index (κ1) is 60.7. The number of carbonyl (C=O) groups excluding carboxylic acids is 4. The molecular formula is C61H70Cl2FN11O10S. The Balaban J connectivity index is 0.592. The van der Waals surface area contributed by atoms with Crippen molar-refractivity contribution in [3.63, 3.8) is 0 Å². The second-order valence-electron chi connectivity index (χ2n) is 23.8. The van der Waals surface area contributed by atoms with Gasteiger partial charge in [-0.25, -0.2) is 22.8 Å². The zero-order valence-corrected chi connectivity index (χ0v) is 50.5. The number of piperidine rings is 1. The van der Waals surface area contributed by atoms with Crippen LogP contribution in [0.15, 0.2) is 103 Å². The van der Waals surface area contributed by atoms with Gasteiger partial charge in [0.1, 0.15) is 19.0 Å². The number of sulfonamides is 1. The van der Waals surface area contributed by atoms with Crippen molar-refractivity contribution in [2.75, 3.05) is 103 Å². The molecule has 4 atom stereocenters. The molecule has 11 rings (SSSR count). The lowest BCUT2D eigenvalue weighted by Gasteiger charge is -2.56. The number of anilines is 2. The molecule has 3 aliphatic heterocycles. The Morgan fingerprint density at radius 3 is 2.09 bits per heavy atom. The van der Waals surface area contributed by atoms with E-state index in [0.717, 1.165) is 40.9 Å². The standard InChI is InChI=1S/C61H70Cl2FN11O10S/c1-60(2,3)52(75-55(40-9-12-44(62)13-10-40)47(41-5-4-6-45(63)27-41)31-61(59(75)80)29-46(76)30-61)38-86(81,82)73-21-19-71(20-22-73)54(78)37-85-26-24-83-23-25-84-36-53(77)70-15-17-72(18-16-70)58(79)42-11-14-49(48(64)28-42)68-56-57-65-34-51(43-32-66-67-33-43)74(57)35-50(69-56)39-7-8-39/h4-6,9-14,27-29,32-35,39,47,52,55,76H,7-8,15-26,30-31,36-38H2,1-3H3,(H,66,67)(H,68,69)/t47-,52-,55-,61+/m1/s1. The van der Waals surface area contributed by atoms with Gasteiger partial charge in [-0.15, -0.1) is 0 Å². The fourth-order valence-corrected chi connectivity index (χ4v) is 14.4. The second kappa shape index (κ2) is 25.4. The Labute approximate surface area is 508 Å². The van der Waals surface area contributed by atoms with Gasteiger partial charge < -0.3 is 44.2 Å². The number of nitrogens with zero attached hydrogens (tertiary/aromatic N) is 9. The SMILES string of the molecule is CC(C)(C)[C@@H](CS(=O)(=O)N1CCN(C(=O)COCCOCCOCC(=O)N2CCN(C(=O)c3ccc(Nc4nc(C5CC5)cn5c(-c6cn[nH]c6)cnc45)c(F)c3)CC2)CC1)N1C(=O)[C@]2(C=C(O)C2)C[C@H](c2cccc(Cl)c2)[C@H]1c1ccc(Cl)cc1. The average molecular weight is 1240 g/mol. The molecule has 2 aliphatic carbocycles. The van der Waals surface area contributed by atoms with E-state index in [4.69, 9.17) is 42.4 Å². The van der Waals surface area contributed by atoms with Crippen LogP contribution in [0.5, 0.6) is 0 Å². The van der Waals surface area contributed by atoms with E-state index in [-0.39, 0.29) is 151 Å². The minimum absolute atomic E-state index is 0.0607. The zero-order chi connectivity index (χ0) is 60.5. The van der Waals surface area contributed by atoms with E-state index < -0.39 is 38.8 Å². The third-order valence-corrected chi connectivity index (χ3v) is 19.3. The third kappa shape index (κ3) is 13.3. The molecule has 6 aromatic rings. The van der Waals surface area contributed by atoms with E-state index in [9.17, 15) is 27.9 Å². The number of fused-ring (bicyclic) bond motifs is 1. The van der Waals surface area contributed by atoms with E-state index in [1.165, 1.54) is 16.4 Å². The number of amides is 4. The van der Waals surface area contributed by atoms with Gasteiger partial charge in [0.2, 0.25) is 27.7 Å². The number of nitrogens with one attached hydrogen (secondary N) is 2. The Morgan fingerprint density at radius 1 is 0.837 bits per heavy atom. The average Bonchev–Trinajstić information content (AvgIpc) is 0.919. The molecule has 3 aromatic carbocycles. The molecule has 86 heavy (non-hydrogen) atoms. The van der Waals surface area contributed by atoms with Crippen LogP contribution in [0.2, 0.25) is 10.0 Å². The molecule has 3 N–H and O–H groups in total. The molecule has 5 aliphatic rings. The predicted octanol–water partition coefficient (Wildman–Crippen LogP) is 8.00. The highest BCUT2D eigenvalue weighted by Crippen LogP contribution is 2.58. The van der Waals surface area contributed by atoms with Crippen LogP contribution in [-0.4, -0.2) is 189 Å². The number of aromatic nitrogens is 5. The molecule has 21 nitrogen and oxygen atoms in total. The Kier molecular flexibility index (Phi) is 17.9. The van der Waals surface area contributed by atoms with Crippen LogP contribution in [-0.2, 0) is 38.6 Å². The maximum Gasteiger partial charge on any atom is 0.254 e. The maximum absolute atomic E-state index is 15.7. The molecule has 6 heterocycles.